The van der Waals surface area contributed by atoms with Gasteiger partial charge in [0, 0.05) is 19.2 Å². The Morgan fingerprint density at radius 1 is 1.12 bits per heavy atom. The van der Waals surface area contributed by atoms with E-state index in [1.807, 2.05) is 28.0 Å². The van der Waals surface area contributed by atoms with E-state index < -0.39 is 11.0 Å². The molecule has 168 valence electrons. The van der Waals surface area contributed by atoms with Crippen molar-refractivity contribution in [3.8, 4) is 5.75 Å². The van der Waals surface area contributed by atoms with Gasteiger partial charge in [0.05, 0.1) is 35.0 Å². The van der Waals surface area contributed by atoms with Crippen molar-refractivity contribution in [2.75, 3.05) is 36.4 Å². The summed E-state index contributed by atoms with van der Waals surface area (Å²) in [5, 5.41) is 13.9. The fourth-order valence-electron chi connectivity index (χ4n) is 4.22. The lowest BCUT2D eigenvalue weighted by molar-refractivity contribution is -0.385. The van der Waals surface area contributed by atoms with Gasteiger partial charge in [-0.05, 0) is 44.4 Å². The highest BCUT2D eigenvalue weighted by Gasteiger charge is 2.34. The Labute approximate surface area is 186 Å². The summed E-state index contributed by atoms with van der Waals surface area (Å²) in [7, 11) is 0. The van der Waals surface area contributed by atoms with Crippen LogP contribution in [0.5, 0.6) is 5.75 Å². The highest BCUT2D eigenvalue weighted by Crippen LogP contribution is 2.34. The van der Waals surface area contributed by atoms with E-state index in [0.717, 1.165) is 38.0 Å². The summed E-state index contributed by atoms with van der Waals surface area (Å²) in [5.74, 6) is 0.182. The number of benzene rings is 2. The Kier molecular flexibility index (Phi) is 6.25. The van der Waals surface area contributed by atoms with E-state index in [-0.39, 0.29) is 30.6 Å². The Hall–Kier alpha value is -3.62. The zero-order valence-corrected chi connectivity index (χ0v) is 18.0. The highest BCUT2D eigenvalue weighted by atomic mass is 16.6. The van der Waals surface area contributed by atoms with E-state index in [9.17, 15) is 19.7 Å². The molecule has 0 spiro atoms. The molecule has 1 fully saturated rings. The molecular formula is C23H26N4O5. The average molecular weight is 438 g/mol. The van der Waals surface area contributed by atoms with Gasteiger partial charge < -0.3 is 19.9 Å². The molecule has 2 aliphatic heterocycles. The molecule has 2 amide bonds. The molecule has 9 heteroatoms. The predicted octanol–water partition coefficient (Wildman–Crippen LogP) is 3.12. The lowest BCUT2D eigenvalue weighted by Crippen LogP contribution is -2.52. The maximum Gasteiger partial charge on any atom is 0.274 e. The number of likely N-dealkylation sites (tertiary alicyclic amines) is 1. The van der Waals surface area contributed by atoms with Gasteiger partial charge in [-0.1, -0.05) is 18.2 Å². The van der Waals surface area contributed by atoms with Crippen molar-refractivity contribution in [3.63, 3.8) is 0 Å². The van der Waals surface area contributed by atoms with E-state index in [1.54, 1.807) is 19.1 Å². The topological polar surface area (TPSA) is 105 Å². The van der Waals surface area contributed by atoms with E-state index in [1.165, 1.54) is 12.1 Å². The Balaban J connectivity index is 1.50. The van der Waals surface area contributed by atoms with Gasteiger partial charge in [-0.15, -0.1) is 0 Å². The van der Waals surface area contributed by atoms with Crippen LogP contribution >= 0.6 is 0 Å². The fourth-order valence-corrected chi connectivity index (χ4v) is 4.22. The third kappa shape index (κ3) is 4.51. The number of hydrogen-bond acceptors (Lipinski definition) is 6. The second kappa shape index (κ2) is 9.25. The smallest absolute Gasteiger partial charge is 0.274 e. The highest BCUT2D eigenvalue weighted by molar-refractivity contribution is 5.96. The van der Waals surface area contributed by atoms with Crippen molar-refractivity contribution >= 4 is 28.9 Å². The Morgan fingerprint density at radius 2 is 1.88 bits per heavy atom. The first-order valence-electron chi connectivity index (χ1n) is 10.8. The molecule has 9 nitrogen and oxygen atoms in total. The van der Waals surface area contributed by atoms with Crippen LogP contribution in [0.1, 0.15) is 24.8 Å². The summed E-state index contributed by atoms with van der Waals surface area (Å²) < 4.78 is 6.00. The molecule has 0 radical (unpaired) electrons. The quantitative estimate of drug-likeness (QED) is 0.568. The second-order valence-corrected chi connectivity index (χ2v) is 8.10. The van der Waals surface area contributed by atoms with Crippen LogP contribution in [0.25, 0.3) is 0 Å². The molecule has 0 aliphatic carbocycles. The minimum atomic E-state index is -0.685. The van der Waals surface area contributed by atoms with E-state index in [0.29, 0.717) is 17.0 Å². The average Bonchev–Trinajstić information content (AvgIpc) is 2.80. The number of carbonyl (C=O) groups excluding carboxylic acids is 2. The maximum absolute atomic E-state index is 13.0. The molecule has 4 rings (SSSR count). The number of anilines is 2. The van der Waals surface area contributed by atoms with E-state index in [2.05, 4.69) is 5.32 Å². The molecular weight excluding hydrogens is 412 g/mol. The summed E-state index contributed by atoms with van der Waals surface area (Å²) >= 11 is 0. The molecule has 2 aromatic rings. The van der Waals surface area contributed by atoms with Gasteiger partial charge in [0.15, 0.2) is 6.10 Å². The van der Waals surface area contributed by atoms with Crippen molar-refractivity contribution in [2.45, 2.75) is 32.3 Å². The molecule has 0 bridgehead atoms. The van der Waals surface area contributed by atoms with Crippen LogP contribution in [0.4, 0.5) is 17.1 Å². The summed E-state index contributed by atoms with van der Waals surface area (Å²) in [6.45, 7) is 3.31. The molecule has 1 atom stereocenters. The second-order valence-electron chi connectivity index (χ2n) is 8.10. The molecule has 32 heavy (non-hydrogen) atoms. The number of nitro benzene ring substituents is 1. The normalized spacial score (nSPS) is 17.8. The standard InChI is InChI=1S/C23H26N4O5/c1-16-17(8-7-10-18(16)27(30)31)24-22(28)15-26-14-21(23(29)25-12-5-2-6-13-25)32-20-11-4-3-9-19(20)26/h3-4,7-11,21H,2,5-6,12-15H2,1H3,(H,24,28)/t21-/m1/s1. The van der Waals surface area contributed by atoms with Gasteiger partial charge in [-0.2, -0.15) is 0 Å². The van der Waals surface area contributed by atoms with Crippen LogP contribution in [0.3, 0.4) is 0 Å². The monoisotopic (exact) mass is 438 g/mol. The zero-order valence-electron chi connectivity index (χ0n) is 18.0. The number of para-hydroxylation sites is 2. The summed E-state index contributed by atoms with van der Waals surface area (Å²) in [6, 6.07) is 11.9. The van der Waals surface area contributed by atoms with Gasteiger partial charge in [0.1, 0.15) is 5.75 Å². The minimum Gasteiger partial charge on any atom is -0.477 e. The number of amides is 2. The predicted molar refractivity (Wildman–Crippen MR) is 120 cm³/mol. The zero-order chi connectivity index (χ0) is 22.7. The molecule has 2 aromatic carbocycles. The van der Waals surface area contributed by atoms with Crippen molar-refractivity contribution in [2.24, 2.45) is 0 Å². The van der Waals surface area contributed by atoms with Crippen LogP contribution in [0.2, 0.25) is 0 Å². The van der Waals surface area contributed by atoms with Crippen molar-refractivity contribution in [1.82, 2.24) is 4.90 Å². The number of fused-ring (bicyclic) bond motifs is 1. The van der Waals surface area contributed by atoms with Crippen molar-refractivity contribution in [1.29, 1.82) is 0 Å². The first-order chi connectivity index (χ1) is 15.4. The molecule has 1 saturated heterocycles. The molecule has 0 saturated carbocycles. The lowest BCUT2D eigenvalue weighted by Gasteiger charge is -2.38. The van der Waals surface area contributed by atoms with E-state index in [4.69, 9.17) is 4.74 Å². The van der Waals surface area contributed by atoms with Crippen LogP contribution < -0.4 is 15.0 Å². The number of nitro groups is 1. The number of nitrogens with zero attached hydrogens (tertiary/aromatic N) is 3. The number of ether oxygens (including phenoxy) is 1. The fraction of sp³-hybridized carbons (Fsp3) is 0.391. The number of carbonyl (C=O) groups is 2. The Morgan fingerprint density at radius 3 is 2.62 bits per heavy atom. The SMILES string of the molecule is Cc1c(NC(=O)CN2C[C@H](C(=O)N3CCCCC3)Oc3ccccc32)cccc1[N+](=O)[O-]. The van der Waals surface area contributed by atoms with Crippen molar-refractivity contribution < 1.29 is 19.2 Å². The van der Waals surface area contributed by atoms with Gasteiger partial charge in [-0.25, -0.2) is 0 Å². The van der Waals surface area contributed by atoms with Gasteiger partial charge in [0.25, 0.3) is 11.6 Å². The lowest BCUT2D eigenvalue weighted by atomic mass is 10.1. The van der Waals surface area contributed by atoms with Crippen LogP contribution in [0.15, 0.2) is 42.5 Å². The van der Waals surface area contributed by atoms with Crippen LogP contribution in [0, 0.1) is 17.0 Å². The molecule has 1 N–H and O–H groups in total. The molecule has 0 unspecified atom stereocenters. The number of rotatable bonds is 5. The summed E-state index contributed by atoms with van der Waals surface area (Å²) in [4.78, 5) is 40.3. The van der Waals surface area contributed by atoms with Gasteiger partial charge in [-0.3, -0.25) is 19.7 Å². The van der Waals surface area contributed by atoms with Crippen LogP contribution in [-0.4, -0.2) is 53.9 Å². The maximum atomic E-state index is 13.0. The van der Waals surface area contributed by atoms with E-state index >= 15 is 0 Å². The molecule has 2 heterocycles. The number of piperidine rings is 1. The largest absolute Gasteiger partial charge is 0.477 e. The third-order valence-electron chi connectivity index (χ3n) is 5.92. The molecule has 2 aliphatic rings. The third-order valence-corrected chi connectivity index (χ3v) is 5.92. The first kappa shape index (κ1) is 21.6. The Bertz CT molecular complexity index is 1030. The molecule has 0 aromatic heterocycles. The first-order valence-corrected chi connectivity index (χ1v) is 10.8. The van der Waals surface area contributed by atoms with Crippen molar-refractivity contribution in [3.05, 3.63) is 58.1 Å². The van der Waals surface area contributed by atoms with Crippen LogP contribution in [-0.2, 0) is 9.59 Å². The number of hydrogen-bond donors (Lipinski definition) is 1. The van der Waals surface area contributed by atoms with Gasteiger partial charge >= 0.3 is 0 Å². The van der Waals surface area contributed by atoms with Gasteiger partial charge in [0.2, 0.25) is 5.91 Å². The summed E-state index contributed by atoms with van der Waals surface area (Å²) in [6.07, 6.45) is 2.42. The number of nitrogens with one attached hydrogen (secondary N) is 1. The summed E-state index contributed by atoms with van der Waals surface area (Å²) in [5.41, 5.74) is 1.48. The minimum absolute atomic E-state index is 0.00765.